The van der Waals surface area contributed by atoms with Crippen molar-refractivity contribution in [2.24, 2.45) is 5.92 Å². The number of aliphatic carboxylic acids is 1. The van der Waals surface area contributed by atoms with E-state index in [0.29, 0.717) is 17.7 Å². The van der Waals surface area contributed by atoms with E-state index in [1.54, 1.807) is 42.9 Å². The number of amides is 1. The van der Waals surface area contributed by atoms with Crippen LogP contribution in [0.3, 0.4) is 0 Å². The average Bonchev–Trinajstić information content (AvgIpc) is 2.96. The molecule has 2 N–H and O–H groups in total. The van der Waals surface area contributed by atoms with Gasteiger partial charge in [-0.25, -0.2) is 4.79 Å². The Morgan fingerprint density at radius 1 is 0.816 bits per heavy atom. The summed E-state index contributed by atoms with van der Waals surface area (Å²) in [6.07, 6.45) is 5.37. The SMILES string of the molecule is O=C(SC[C@@H](Cc1ccccc1)C(=O)N[C@@H](Cc1ccc(-c2cnccn2)cc1)C(=O)O)c1ccccc1. The molecule has 4 rings (SSSR count). The van der Waals surface area contributed by atoms with Gasteiger partial charge in [0.05, 0.1) is 17.8 Å². The van der Waals surface area contributed by atoms with Crippen molar-refractivity contribution in [3.8, 4) is 11.3 Å². The number of nitrogens with one attached hydrogen (secondary N) is 1. The lowest BCUT2D eigenvalue weighted by atomic mass is 9.98. The maximum atomic E-state index is 13.3. The van der Waals surface area contributed by atoms with E-state index in [0.717, 1.165) is 28.5 Å². The van der Waals surface area contributed by atoms with Gasteiger partial charge in [0.25, 0.3) is 0 Å². The Hall–Kier alpha value is -4.30. The first-order valence-electron chi connectivity index (χ1n) is 12.1. The molecule has 0 aliphatic rings. The molecule has 0 saturated heterocycles. The van der Waals surface area contributed by atoms with Crippen LogP contribution in [0, 0.1) is 5.92 Å². The van der Waals surface area contributed by atoms with Gasteiger partial charge in [-0.2, -0.15) is 0 Å². The van der Waals surface area contributed by atoms with Crippen LogP contribution >= 0.6 is 11.8 Å². The molecule has 1 amide bonds. The highest BCUT2D eigenvalue weighted by Crippen LogP contribution is 2.21. The van der Waals surface area contributed by atoms with Gasteiger partial charge in [0.1, 0.15) is 6.04 Å². The summed E-state index contributed by atoms with van der Waals surface area (Å²) in [6.45, 7) is 0. The number of hydrogen-bond donors (Lipinski definition) is 2. The zero-order valence-corrected chi connectivity index (χ0v) is 21.4. The van der Waals surface area contributed by atoms with Crippen LogP contribution in [0.5, 0.6) is 0 Å². The number of nitrogens with zero attached hydrogens (tertiary/aromatic N) is 2. The molecule has 192 valence electrons. The molecule has 0 unspecified atom stereocenters. The second kappa shape index (κ2) is 13.3. The predicted octanol–water partition coefficient (Wildman–Crippen LogP) is 4.69. The Labute approximate surface area is 225 Å². The number of rotatable bonds is 11. The number of carboxylic acids is 1. The monoisotopic (exact) mass is 525 g/mol. The fourth-order valence-corrected chi connectivity index (χ4v) is 4.87. The van der Waals surface area contributed by atoms with Gasteiger partial charge in [-0.1, -0.05) is 96.7 Å². The molecule has 4 aromatic rings. The van der Waals surface area contributed by atoms with Gasteiger partial charge < -0.3 is 10.4 Å². The molecule has 0 bridgehead atoms. The van der Waals surface area contributed by atoms with Gasteiger partial charge in [-0.15, -0.1) is 0 Å². The maximum absolute atomic E-state index is 13.3. The fourth-order valence-electron chi connectivity index (χ4n) is 3.94. The van der Waals surface area contributed by atoms with Crippen LogP contribution < -0.4 is 5.32 Å². The Morgan fingerprint density at radius 3 is 2.11 bits per heavy atom. The molecule has 3 aromatic carbocycles. The highest BCUT2D eigenvalue weighted by Gasteiger charge is 2.27. The first-order valence-corrected chi connectivity index (χ1v) is 13.1. The topological polar surface area (TPSA) is 109 Å². The predicted molar refractivity (Wildman–Crippen MR) is 148 cm³/mol. The first kappa shape index (κ1) is 26.8. The highest BCUT2D eigenvalue weighted by atomic mass is 32.2. The minimum absolute atomic E-state index is 0.121. The number of carbonyl (C=O) groups excluding carboxylic acids is 2. The normalized spacial score (nSPS) is 12.3. The van der Waals surface area contributed by atoms with E-state index in [1.807, 2.05) is 60.7 Å². The fraction of sp³-hybridized carbons (Fsp3) is 0.167. The summed E-state index contributed by atoms with van der Waals surface area (Å²) < 4.78 is 0. The van der Waals surface area contributed by atoms with Crippen molar-refractivity contribution >= 4 is 28.8 Å². The molecular weight excluding hydrogens is 498 g/mol. The van der Waals surface area contributed by atoms with Crippen LogP contribution in [0.1, 0.15) is 21.5 Å². The second-order valence-corrected chi connectivity index (χ2v) is 9.74. The molecule has 7 nitrogen and oxygen atoms in total. The van der Waals surface area contributed by atoms with Crippen LogP contribution in [-0.2, 0) is 22.4 Å². The van der Waals surface area contributed by atoms with E-state index < -0.39 is 23.8 Å². The van der Waals surface area contributed by atoms with Gasteiger partial charge >= 0.3 is 5.97 Å². The van der Waals surface area contributed by atoms with E-state index in [-0.39, 0.29) is 17.3 Å². The molecule has 8 heteroatoms. The summed E-state index contributed by atoms with van der Waals surface area (Å²) in [5, 5.41) is 12.4. The van der Waals surface area contributed by atoms with Crippen LogP contribution in [0.15, 0.2) is 104 Å². The number of thioether (sulfide) groups is 1. The van der Waals surface area contributed by atoms with Crippen molar-refractivity contribution in [2.75, 3.05) is 5.75 Å². The third kappa shape index (κ3) is 7.60. The summed E-state index contributed by atoms with van der Waals surface area (Å²) in [6, 6.07) is 24.6. The molecule has 0 fully saturated rings. The second-order valence-electron chi connectivity index (χ2n) is 8.74. The summed E-state index contributed by atoms with van der Waals surface area (Å²) in [4.78, 5) is 46.4. The number of carboxylic acid groups (broad SMARTS) is 1. The van der Waals surface area contributed by atoms with Crippen molar-refractivity contribution in [1.82, 2.24) is 15.3 Å². The average molecular weight is 526 g/mol. The molecule has 2 atom stereocenters. The van der Waals surface area contributed by atoms with E-state index in [9.17, 15) is 19.5 Å². The van der Waals surface area contributed by atoms with Gasteiger partial charge in [-0.3, -0.25) is 19.6 Å². The Bertz CT molecular complexity index is 1350. The van der Waals surface area contributed by atoms with Crippen LogP contribution in [0.25, 0.3) is 11.3 Å². The smallest absolute Gasteiger partial charge is 0.326 e. The van der Waals surface area contributed by atoms with Gasteiger partial charge in [0.15, 0.2) is 0 Å². The lowest BCUT2D eigenvalue weighted by Crippen LogP contribution is -2.46. The molecule has 0 radical (unpaired) electrons. The zero-order valence-electron chi connectivity index (χ0n) is 20.6. The van der Waals surface area contributed by atoms with Crippen molar-refractivity contribution in [3.63, 3.8) is 0 Å². The van der Waals surface area contributed by atoms with Crippen molar-refractivity contribution < 1.29 is 19.5 Å². The lowest BCUT2D eigenvalue weighted by molar-refractivity contribution is -0.142. The number of aromatic nitrogens is 2. The maximum Gasteiger partial charge on any atom is 0.326 e. The minimum atomic E-state index is -1.12. The van der Waals surface area contributed by atoms with E-state index in [4.69, 9.17) is 0 Å². The number of benzene rings is 3. The number of hydrogen-bond acceptors (Lipinski definition) is 6. The summed E-state index contributed by atoms with van der Waals surface area (Å²) in [5.74, 6) is -1.88. The van der Waals surface area contributed by atoms with E-state index >= 15 is 0 Å². The van der Waals surface area contributed by atoms with Crippen LogP contribution in [0.2, 0.25) is 0 Å². The Morgan fingerprint density at radius 2 is 1.47 bits per heavy atom. The van der Waals surface area contributed by atoms with Crippen molar-refractivity contribution in [3.05, 3.63) is 120 Å². The third-order valence-electron chi connectivity index (χ3n) is 5.99. The van der Waals surface area contributed by atoms with E-state index in [1.165, 1.54) is 0 Å². The Kier molecular flexibility index (Phi) is 9.37. The van der Waals surface area contributed by atoms with Crippen molar-refractivity contribution in [1.29, 1.82) is 0 Å². The summed E-state index contributed by atoms with van der Waals surface area (Å²) in [5.41, 5.74) is 3.84. The molecule has 38 heavy (non-hydrogen) atoms. The molecule has 0 aliphatic carbocycles. The highest BCUT2D eigenvalue weighted by molar-refractivity contribution is 8.14. The third-order valence-corrected chi connectivity index (χ3v) is 7.06. The lowest BCUT2D eigenvalue weighted by Gasteiger charge is -2.20. The molecule has 0 spiro atoms. The molecule has 1 aromatic heterocycles. The summed E-state index contributed by atoms with van der Waals surface area (Å²) in [7, 11) is 0. The molecule has 0 aliphatic heterocycles. The minimum Gasteiger partial charge on any atom is -0.480 e. The molecule has 0 saturated carbocycles. The van der Waals surface area contributed by atoms with Gasteiger partial charge in [0.2, 0.25) is 11.0 Å². The quantitative estimate of drug-likeness (QED) is 0.292. The van der Waals surface area contributed by atoms with Crippen LogP contribution in [-0.4, -0.2) is 43.9 Å². The van der Waals surface area contributed by atoms with Gasteiger partial charge in [-0.05, 0) is 17.5 Å². The molecular formula is C30H27N3O4S. The van der Waals surface area contributed by atoms with Gasteiger partial charge in [0, 0.05) is 35.7 Å². The molecule has 1 heterocycles. The first-order chi connectivity index (χ1) is 18.5. The van der Waals surface area contributed by atoms with Crippen LogP contribution in [0.4, 0.5) is 0 Å². The zero-order chi connectivity index (χ0) is 26.7. The number of carbonyl (C=O) groups is 3. The van der Waals surface area contributed by atoms with E-state index in [2.05, 4.69) is 15.3 Å². The standard InChI is InChI=1S/C30H27N3O4S/c34-28(25(17-21-7-3-1-4-8-21)20-38-30(37)24-9-5-2-6-10-24)33-26(29(35)36)18-22-11-13-23(14-12-22)27-19-31-15-16-32-27/h1-16,19,25-26H,17-18,20H2,(H,33,34)(H,35,36)/t25-,26+/m1/s1. The Balaban J connectivity index is 1.44. The van der Waals surface area contributed by atoms with Crippen molar-refractivity contribution in [2.45, 2.75) is 18.9 Å². The summed E-state index contributed by atoms with van der Waals surface area (Å²) >= 11 is 1.07. The largest absolute Gasteiger partial charge is 0.480 e.